The smallest absolute Gasteiger partial charge is 0.216 e. The molecule has 0 amide bonds. The molecule has 0 aromatic carbocycles. The molecule has 0 saturated heterocycles. The average molecular weight is 208 g/mol. The van der Waals surface area contributed by atoms with Crippen LogP contribution in [0, 0.1) is 0 Å². The number of nitrogens with two attached hydrogens (primary N) is 1. The minimum Gasteiger partial charge on any atom is -0.481 e. The maximum absolute atomic E-state index is 5.52. The number of methoxy groups -OCH3 is 1. The van der Waals surface area contributed by atoms with Crippen LogP contribution in [0.5, 0.6) is 5.88 Å². The summed E-state index contributed by atoms with van der Waals surface area (Å²) in [4.78, 5) is 4.50. The first-order valence-electron chi connectivity index (χ1n) is 5.23. The second-order valence-electron chi connectivity index (χ2n) is 4.65. The van der Waals surface area contributed by atoms with E-state index in [1.807, 2.05) is 6.07 Å². The van der Waals surface area contributed by atoms with E-state index in [-0.39, 0.29) is 5.41 Å². The molecule has 84 valence electrons. The summed E-state index contributed by atoms with van der Waals surface area (Å²) in [5.41, 5.74) is 7.69. The van der Waals surface area contributed by atoms with Crippen LogP contribution in [0.2, 0.25) is 0 Å². The van der Waals surface area contributed by atoms with E-state index in [0.29, 0.717) is 12.4 Å². The van der Waals surface area contributed by atoms with Gasteiger partial charge < -0.3 is 10.5 Å². The van der Waals surface area contributed by atoms with Gasteiger partial charge in [0.2, 0.25) is 5.88 Å². The summed E-state index contributed by atoms with van der Waals surface area (Å²) in [6.07, 6.45) is 0.806. The SMILES string of the molecule is COc1nc(C(C)(C)C)ccc1CCN. The quantitative estimate of drug-likeness (QED) is 0.825. The molecule has 1 rings (SSSR count). The van der Waals surface area contributed by atoms with Gasteiger partial charge in [-0.3, -0.25) is 0 Å². The van der Waals surface area contributed by atoms with Crippen LogP contribution in [0.1, 0.15) is 32.0 Å². The number of hydrogen-bond acceptors (Lipinski definition) is 3. The van der Waals surface area contributed by atoms with E-state index < -0.39 is 0 Å². The minimum atomic E-state index is 0.0501. The molecule has 3 heteroatoms. The van der Waals surface area contributed by atoms with Crippen LogP contribution >= 0.6 is 0 Å². The zero-order valence-corrected chi connectivity index (χ0v) is 10.0. The predicted molar refractivity (Wildman–Crippen MR) is 62.2 cm³/mol. The lowest BCUT2D eigenvalue weighted by molar-refractivity contribution is 0.386. The molecule has 1 heterocycles. The molecule has 0 aliphatic heterocycles. The van der Waals surface area contributed by atoms with Gasteiger partial charge >= 0.3 is 0 Å². The Balaban J connectivity index is 3.08. The molecule has 1 aromatic heterocycles. The number of nitrogens with zero attached hydrogens (tertiary/aromatic N) is 1. The highest BCUT2D eigenvalue weighted by molar-refractivity contribution is 5.30. The zero-order chi connectivity index (χ0) is 11.5. The Hall–Kier alpha value is -1.09. The van der Waals surface area contributed by atoms with Crippen molar-refractivity contribution in [2.75, 3.05) is 13.7 Å². The van der Waals surface area contributed by atoms with E-state index in [1.165, 1.54) is 0 Å². The van der Waals surface area contributed by atoms with E-state index in [9.17, 15) is 0 Å². The first kappa shape index (κ1) is 12.0. The van der Waals surface area contributed by atoms with Gasteiger partial charge in [-0.25, -0.2) is 4.98 Å². The number of aromatic nitrogens is 1. The van der Waals surface area contributed by atoms with Crippen molar-refractivity contribution in [3.05, 3.63) is 23.4 Å². The van der Waals surface area contributed by atoms with Gasteiger partial charge in [-0.15, -0.1) is 0 Å². The second-order valence-corrected chi connectivity index (χ2v) is 4.65. The van der Waals surface area contributed by atoms with Crippen LogP contribution in [-0.2, 0) is 11.8 Å². The fraction of sp³-hybridized carbons (Fsp3) is 0.583. The molecule has 0 spiro atoms. The van der Waals surface area contributed by atoms with E-state index in [2.05, 4.69) is 31.8 Å². The largest absolute Gasteiger partial charge is 0.481 e. The summed E-state index contributed by atoms with van der Waals surface area (Å²) >= 11 is 0. The third-order valence-electron chi connectivity index (χ3n) is 2.31. The predicted octanol–water partition coefficient (Wildman–Crippen LogP) is 1.89. The lowest BCUT2D eigenvalue weighted by Gasteiger charge is -2.19. The maximum atomic E-state index is 5.52. The van der Waals surface area contributed by atoms with Crippen LogP contribution < -0.4 is 10.5 Å². The van der Waals surface area contributed by atoms with Gasteiger partial charge in [-0.2, -0.15) is 0 Å². The number of rotatable bonds is 3. The lowest BCUT2D eigenvalue weighted by atomic mass is 9.91. The first-order chi connectivity index (χ1) is 6.99. The first-order valence-corrected chi connectivity index (χ1v) is 5.23. The van der Waals surface area contributed by atoms with Crippen LogP contribution in [0.3, 0.4) is 0 Å². The zero-order valence-electron chi connectivity index (χ0n) is 10.0. The fourth-order valence-electron chi connectivity index (χ4n) is 1.41. The van der Waals surface area contributed by atoms with Gasteiger partial charge in [0, 0.05) is 16.7 Å². The van der Waals surface area contributed by atoms with E-state index in [1.54, 1.807) is 7.11 Å². The van der Waals surface area contributed by atoms with E-state index >= 15 is 0 Å². The van der Waals surface area contributed by atoms with Gasteiger partial charge in [-0.05, 0) is 19.0 Å². The van der Waals surface area contributed by atoms with Crippen LogP contribution in [-0.4, -0.2) is 18.6 Å². The molecule has 2 N–H and O–H groups in total. The highest BCUT2D eigenvalue weighted by Crippen LogP contribution is 2.24. The normalized spacial score (nSPS) is 11.5. The van der Waals surface area contributed by atoms with Gasteiger partial charge in [-0.1, -0.05) is 26.8 Å². The van der Waals surface area contributed by atoms with E-state index in [0.717, 1.165) is 17.7 Å². The van der Waals surface area contributed by atoms with Crippen LogP contribution in [0.4, 0.5) is 0 Å². The topological polar surface area (TPSA) is 48.1 Å². The molecule has 0 radical (unpaired) electrons. The maximum Gasteiger partial charge on any atom is 0.216 e. The van der Waals surface area contributed by atoms with Gasteiger partial charge in [0.25, 0.3) is 0 Å². The van der Waals surface area contributed by atoms with Crippen LogP contribution in [0.15, 0.2) is 12.1 Å². The molecular formula is C12H20N2O. The van der Waals surface area contributed by atoms with Gasteiger partial charge in [0.15, 0.2) is 0 Å². The van der Waals surface area contributed by atoms with Crippen molar-refractivity contribution >= 4 is 0 Å². The Kier molecular flexibility index (Phi) is 3.69. The highest BCUT2D eigenvalue weighted by Gasteiger charge is 2.17. The Morgan fingerprint density at radius 3 is 2.47 bits per heavy atom. The number of ether oxygens (including phenoxy) is 1. The average Bonchev–Trinajstić information content (AvgIpc) is 2.17. The fourth-order valence-corrected chi connectivity index (χ4v) is 1.41. The molecule has 0 bridgehead atoms. The summed E-state index contributed by atoms with van der Waals surface area (Å²) in [6.45, 7) is 7.03. The van der Waals surface area contributed by atoms with Gasteiger partial charge in [0.1, 0.15) is 0 Å². The van der Waals surface area contributed by atoms with Crippen molar-refractivity contribution in [1.29, 1.82) is 0 Å². The molecular weight excluding hydrogens is 188 g/mol. The molecule has 0 aliphatic rings. The van der Waals surface area contributed by atoms with Crippen molar-refractivity contribution < 1.29 is 4.74 Å². The van der Waals surface area contributed by atoms with Crippen molar-refractivity contribution in [2.24, 2.45) is 5.73 Å². The molecule has 1 aromatic rings. The number of pyridine rings is 1. The van der Waals surface area contributed by atoms with Crippen LogP contribution in [0.25, 0.3) is 0 Å². The minimum absolute atomic E-state index is 0.0501. The molecule has 3 nitrogen and oxygen atoms in total. The van der Waals surface area contributed by atoms with Crippen molar-refractivity contribution in [3.8, 4) is 5.88 Å². The summed E-state index contributed by atoms with van der Waals surface area (Å²) < 4.78 is 5.27. The summed E-state index contributed by atoms with van der Waals surface area (Å²) in [5, 5.41) is 0. The van der Waals surface area contributed by atoms with E-state index in [4.69, 9.17) is 10.5 Å². The Bertz CT molecular complexity index is 329. The summed E-state index contributed by atoms with van der Waals surface area (Å²) in [6, 6.07) is 4.10. The third kappa shape index (κ3) is 2.93. The Morgan fingerprint density at radius 2 is 2.00 bits per heavy atom. The molecule has 0 unspecified atom stereocenters. The van der Waals surface area contributed by atoms with Crippen molar-refractivity contribution in [2.45, 2.75) is 32.6 Å². The third-order valence-corrected chi connectivity index (χ3v) is 2.31. The molecule has 0 atom stereocenters. The second kappa shape index (κ2) is 4.62. The van der Waals surface area contributed by atoms with Gasteiger partial charge in [0.05, 0.1) is 7.11 Å². The molecule has 0 fully saturated rings. The summed E-state index contributed by atoms with van der Waals surface area (Å²) in [7, 11) is 1.65. The lowest BCUT2D eigenvalue weighted by Crippen LogP contribution is -2.15. The Labute approximate surface area is 91.7 Å². The summed E-state index contributed by atoms with van der Waals surface area (Å²) in [5.74, 6) is 0.702. The number of hydrogen-bond donors (Lipinski definition) is 1. The molecule has 15 heavy (non-hydrogen) atoms. The Morgan fingerprint density at radius 1 is 1.33 bits per heavy atom. The van der Waals surface area contributed by atoms with Crippen molar-refractivity contribution in [1.82, 2.24) is 4.98 Å². The highest BCUT2D eigenvalue weighted by atomic mass is 16.5. The molecule has 0 aliphatic carbocycles. The standard InChI is InChI=1S/C12H20N2O/c1-12(2,3)10-6-5-9(7-8-13)11(14-10)15-4/h5-6H,7-8,13H2,1-4H3. The monoisotopic (exact) mass is 208 g/mol. The van der Waals surface area contributed by atoms with Crippen molar-refractivity contribution in [3.63, 3.8) is 0 Å². The molecule has 0 saturated carbocycles.